The summed E-state index contributed by atoms with van der Waals surface area (Å²) in [6, 6.07) is 6.00. The lowest BCUT2D eigenvalue weighted by Crippen LogP contribution is -2.22. The monoisotopic (exact) mass is 277 g/mol. The average molecular weight is 277 g/mol. The van der Waals surface area contributed by atoms with Crippen molar-refractivity contribution in [3.8, 4) is 11.5 Å². The van der Waals surface area contributed by atoms with E-state index in [2.05, 4.69) is 19.2 Å². The van der Waals surface area contributed by atoms with Gasteiger partial charge in [0.05, 0.1) is 13.7 Å². The molecule has 0 amide bonds. The van der Waals surface area contributed by atoms with Gasteiger partial charge in [0.2, 0.25) is 0 Å². The Kier molecular flexibility index (Phi) is 7.81. The van der Waals surface area contributed by atoms with Gasteiger partial charge in [-0.1, -0.05) is 32.1 Å². The van der Waals surface area contributed by atoms with Crippen molar-refractivity contribution in [2.45, 2.75) is 27.2 Å². The second-order valence-electron chi connectivity index (χ2n) is 5.21. The highest BCUT2D eigenvalue weighted by molar-refractivity contribution is 5.55. The van der Waals surface area contributed by atoms with Gasteiger partial charge >= 0.3 is 0 Å². The molecule has 0 aliphatic rings. The smallest absolute Gasteiger partial charge is 0.161 e. The predicted octanol–water partition coefficient (Wildman–Crippen LogP) is 3.74. The molecule has 0 aliphatic carbocycles. The standard InChI is InChI=1S/C17H27NO2/c1-5-7-15-8-9-16(17(12-15)19-4)20-11-6-10-18-13-14(2)3/h5,7-9,12,14,18H,6,10-11,13H2,1-4H3. The van der Waals surface area contributed by atoms with Gasteiger partial charge in [0, 0.05) is 0 Å². The van der Waals surface area contributed by atoms with E-state index < -0.39 is 0 Å². The fourth-order valence-electron chi connectivity index (χ4n) is 1.87. The highest BCUT2D eigenvalue weighted by Gasteiger charge is 2.04. The summed E-state index contributed by atoms with van der Waals surface area (Å²) in [6.45, 7) is 9.16. The van der Waals surface area contributed by atoms with Crippen LogP contribution in [0.15, 0.2) is 24.3 Å². The van der Waals surface area contributed by atoms with Crippen LogP contribution in [0.1, 0.15) is 32.8 Å². The van der Waals surface area contributed by atoms with Crippen LogP contribution in [0, 0.1) is 5.92 Å². The number of nitrogens with one attached hydrogen (secondary N) is 1. The quantitative estimate of drug-likeness (QED) is 0.697. The Labute approximate surface area is 123 Å². The molecule has 0 atom stereocenters. The van der Waals surface area contributed by atoms with Gasteiger partial charge in [0.15, 0.2) is 11.5 Å². The van der Waals surface area contributed by atoms with Gasteiger partial charge in [-0.25, -0.2) is 0 Å². The van der Waals surface area contributed by atoms with Gasteiger partial charge in [-0.3, -0.25) is 0 Å². The number of hydrogen-bond donors (Lipinski definition) is 1. The molecule has 1 rings (SSSR count). The van der Waals surface area contributed by atoms with E-state index in [1.807, 2.05) is 37.3 Å². The summed E-state index contributed by atoms with van der Waals surface area (Å²) in [4.78, 5) is 0. The van der Waals surface area contributed by atoms with Crippen molar-refractivity contribution in [1.29, 1.82) is 0 Å². The fourth-order valence-corrected chi connectivity index (χ4v) is 1.87. The lowest BCUT2D eigenvalue weighted by atomic mass is 10.2. The van der Waals surface area contributed by atoms with Crippen molar-refractivity contribution in [1.82, 2.24) is 5.32 Å². The molecule has 0 aromatic heterocycles. The predicted molar refractivity (Wildman–Crippen MR) is 85.5 cm³/mol. The van der Waals surface area contributed by atoms with Crippen LogP contribution in [0.2, 0.25) is 0 Å². The van der Waals surface area contributed by atoms with Gasteiger partial charge < -0.3 is 14.8 Å². The van der Waals surface area contributed by atoms with Crippen LogP contribution in [0.5, 0.6) is 11.5 Å². The van der Waals surface area contributed by atoms with Crippen LogP contribution in [0.25, 0.3) is 6.08 Å². The first-order valence-corrected chi connectivity index (χ1v) is 7.31. The summed E-state index contributed by atoms with van der Waals surface area (Å²) in [7, 11) is 1.67. The maximum atomic E-state index is 5.78. The Morgan fingerprint density at radius 2 is 2.05 bits per heavy atom. The fraction of sp³-hybridized carbons (Fsp3) is 0.529. The van der Waals surface area contributed by atoms with Crippen molar-refractivity contribution in [3.05, 3.63) is 29.8 Å². The summed E-state index contributed by atoms with van der Waals surface area (Å²) in [5.74, 6) is 2.29. The zero-order chi connectivity index (χ0) is 14.8. The van der Waals surface area contributed by atoms with E-state index in [9.17, 15) is 0 Å². The van der Waals surface area contributed by atoms with E-state index in [4.69, 9.17) is 9.47 Å². The minimum atomic E-state index is 0.690. The maximum absolute atomic E-state index is 5.78. The molecule has 3 heteroatoms. The first kappa shape index (κ1) is 16.6. The van der Waals surface area contributed by atoms with Gasteiger partial charge in [-0.15, -0.1) is 0 Å². The zero-order valence-corrected chi connectivity index (χ0v) is 13.1. The number of allylic oxidation sites excluding steroid dienone is 1. The second kappa shape index (κ2) is 9.43. The molecule has 0 spiro atoms. The normalized spacial score (nSPS) is 11.2. The van der Waals surface area contributed by atoms with E-state index in [0.29, 0.717) is 12.5 Å². The van der Waals surface area contributed by atoms with Crippen LogP contribution in [-0.2, 0) is 0 Å². The minimum absolute atomic E-state index is 0.690. The second-order valence-corrected chi connectivity index (χ2v) is 5.21. The minimum Gasteiger partial charge on any atom is -0.493 e. The van der Waals surface area contributed by atoms with Gasteiger partial charge in [-0.2, -0.15) is 0 Å². The third-order valence-electron chi connectivity index (χ3n) is 2.85. The molecule has 0 aliphatic heterocycles. The third kappa shape index (κ3) is 6.11. The SMILES string of the molecule is CC=Cc1ccc(OCCCNCC(C)C)c(OC)c1. The van der Waals surface area contributed by atoms with Crippen LogP contribution >= 0.6 is 0 Å². The molecule has 20 heavy (non-hydrogen) atoms. The number of methoxy groups -OCH3 is 1. The molecule has 1 aromatic rings. The van der Waals surface area contributed by atoms with E-state index >= 15 is 0 Å². The molecule has 0 saturated heterocycles. The number of hydrogen-bond acceptors (Lipinski definition) is 3. The Balaban J connectivity index is 2.39. The first-order valence-electron chi connectivity index (χ1n) is 7.31. The summed E-state index contributed by atoms with van der Waals surface area (Å²) in [5, 5.41) is 3.41. The highest BCUT2D eigenvalue weighted by atomic mass is 16.5. The van der Waals surface area contributed by atoms with Crippen molar-refractivity contribution in [2.24, 2.45) is 5.92 Å². The van der Waals surface area contributed by atoms with Crippen LogP contribution in [0.3, 0.4) is 0 Å². The largest absolute Gasteiger partial charge is 0.493 e. The van der Waals surface area contributed by atoms with Crippen molar-refractivity contribution in [2.75, 3.05) is 26.8 Å². The van der Waals surface area contributed by atoms with Crippen molar-refractivity contribution >= 4 is 6.08 Å². The van der Waals surface area contributed by atoms with E-state index in [1.54, 1.807) is 7.11 Å². The van der Waals surface area contributed by atoms with Crippen LogP contribution < -0.4 is 14.8 Å². The summed E-state index contributed by atoms with van der Waals surface area (Å²) in [6.07, 6.45) is 5.05. The zero-order valence-electron chi connectivity index (χ0n) is 13.1. The average Bonchev–Trinajstić information content (AvgIpc) is 2.43. The molecule has 112 valence electrons. The molecule has 0 saturated carbocycles. The van der Waals surface area contributed by atoms with Crippen molar-refractivity contribution < 1.29 is 9.47 Å². The lowest BCUT2D eigenvalue weighted by molar-refractivity contribution is 0.287. The van der Waals surface area contributed by atoms with E-state index in [1.165, 1.54) is 0 Å². The molecule has 1 N–H and O–H groups in total. The van der Waals surface area contributed by atoms with E-state index in [-0.39, 0.29) is 0 Å². The highest BCUT2D eigenvalue weighted by Crippen LogP contribution is 2.28. The van der Waals surface area contributed by atoms with Crippen LogP contribution in [-0.4, -0.2) is 26.8 Å². The van der Waals surface area contributed by atoms with Gasteiger partial charge in [-0.05, 0) is 50.0 Å². The van der Waals surface area contributed by atoms with Gasteiger partial charge in [0.25, 0.3) is 0 Å². The van der Waals surface area contributed by atoms with Crippen LogP contribution in [0.4, 0.5) is 0 Å². The molecule has 0 radical (unpaired) electrons. The summed E-state index contributed by atoms with van der Waals surface area (Å²) < 4.78 is 11.1. The first-order chi connectivity index (χ1) is 9.67. The molecule has 1 aromatic carbocycles. The number of benzene rings is 1. The number of rotatable bonds is 9. The topological polar surface area (TPSA) is 30.5 Å². The van der Waals surface area contributed by atoms with Crippen molar-refractivity contribution in [3.63, 3.8) is 0 Å². The molecular weight excluding hydrogens is 250 g/mol. The number of ether oxygens (including phenoxy) is 2. The Hall–Kier alpha value is -1.48. The Morgan fingerprint density at radius 3 is 2.70 bits per heavy atom. The third-order valence-corrected chi connectivity index (χ3v) is 2.85. The molecular formula is C17H27NO2. The summed E-state index contributed by atoms with van der Waals surface area (Å²) >= 11 is 0. The molecule has 0 bridgehead atoms. The molecule has 0 fully saturated rings. The lowest BCUT2D eigenvalue weighted by Gasteiger charge is -2.12. The maximum Gasteiger partial charge on any atom is 0.161 e. The van der Waals surface area contributed by atoms with Gasteiger partial charge in [0.1, 0.15) is 0 Å². The summed E-state index contributed by atoms with van der Waals surface area (Å²) in [5.41, 5.74) is 1.12. The molecule has 0 heterocycles. The molecule has 0 unspecified atom stereocenters. The van der Waals surface area contributed by atoms with E-state index in [0.717, 1.165) is 36.6 Å². The Bertz CT molecular complexity index is 413. The Morgan fingerprint density at radius 1 is 1.25 bits per heavy atom. The molecule has 3 nitrogen and oxygen atoms in total.